The van der Waals surface area contributed by atoms with Crippen LogP contribution in [0.5, 0.6) is 11.5 Å². The van der Waals surface area contributed by atoms with Gasteiger partial charge >= 0.3 is 0 Å². The van der Waals surface area contributed by atoms with Crippen LogP contribution in [-0.2, 0) is 0 Å². The molecule has 0 aliphatic carbocycles. The Morgan fingerprint density at radius 3 is 2.34 bits per heavy atom. The van der Waals surface area contributed by atoms with Gasteiger partial charge in [0.1, 0.15) is 16.5 Å². The van der Waals surface area contributed by atoms with Crippen molar-refractivity contribution in [1.29, 1.82) is 0 Å². The summed E-state index contributed by atoms with van der Waals surface area (Å²) in [5, 5.41) is 30.9. The Hall–Kier alpha value is -3.32. The van der Waals surface area contributed by atoms with Crippen molar-refractivity contribution in [3.63, 3.8) is 0 Å². The number of pyridine rings is 1. The van der Waals surface area contributed by atoms with Crippen molar-refractivity contribution >= 4 is 11.8 Å². The molecule has 0 aliphatic rings. The largest absolute Gasteiger partial charge is 0.508 e. The van der Waals surface area contributed by atoms with Crippen molar-refractivity contribution in [3.05, 3.63) is 72.4 Å². The molecule has 2 N–H and O–H groups in total. The highest BCUT2D eigenvalue weighted by atomic mass is 32.2. The zero-order valence-electron chi connectivity index (χ0n) is 16.0. The maximum absolute atomic E-state index is 10.6. The average Bonchev–Trinajstić information content (AvgIpc) is 3.12. The second kappa shape index (κ2) is 7.97. The van der Waals surface area contributed by atoms with Gasteiger partial charge in [-0.3, -0.25) is 4.57 Å². The summed E-state index contributed by atoms with van der Waals surface area (Å²) in [6.07, 6.45) is 1.73. The molecule has 0 saturated carbocycles. The average molecular weight is 404 g/mol. The van der Waals surface area contributed by atoms with Gasteiger partial charge in [0.2, 0.25) is 5.16 Å². The molecule has 0 radical (unpaired) electrons. The number of para-hydroxylation sites is 1. The van der Waals surface area contributed by atoms with E-state index in [0.717, 1.165) is 16.3 Å². The molecule has 0 unspecified atom stereocenters. The van der Waals surface area contributed by atoms with Crippen molar-refractivity contribution in [3.8, 4) is 28.6 Å². The van der Waals surface area contributed by atoms with Crippen molar-refractivity contribution in [2.45, 2.75) is 29.9 Å². The Morgan fingerprint density at radius 2 is 1.66 bits per heavy atom. The minimum absolute atomic E-state index is 0.0501. The Kier molecular flexibility index (Phi) is 5.22. The third-order valence-electron chi connectivity index (χ3n) is 4.49. The molecule has 7 heteroatoms. The number of aromatic hydroxyl groups is 2. The molecule has 0 fully saturated rings. The molecule has 29 heavy (non-hydrogen) atoms. The molecule has 4 aromatic rings. The molecule has 0 atom stereocenters. The van der Waals surface area contributed by atoms with Gasteiger partial charge in [0, 0.05) is 18.0 Å². The lowest BCUT2D eigenvalue weighted by Gasteiger charge is -2.14. The van der Waals surface area contributed by atoms with E-state index >= 15 is 0 Å². The maximum Gasteiger partial charge on any atom is 0.202 e. The molecular weight excluding hydrogens is 384 g/mol. The Labute approximate surface area is 172 Å². The van der Waals surface area contributed by atoms with Crippen LogP contribution in [0, 0.1) is 0 Å². The van der Waals surface area contributed by atoms with Gasteiger partial charge in [-0.05, 0) is 53.6 Å². The monoisotopic (exact) mass is 404 g/mol. The number of hydrogen-bond donors (Lipinski definition) is 2. The minimum Gasteiger partial charge on any atom is -0.508 e. The molecule has 0 amide bonds. The van der Waals surface area contributed by atoms with Gasteiger partial charge in [-0.25, -0.2) is 4.98 Å². The van der Waals surface area contributed by atoms with E-state index < -0.39 is 0 Å². The van der Waals surface area contributed by atoms with Gasteiger partial charge in [-0.15, -0.1) is 10.2 Å². The Bertz CT molecular complexity index is 1130. The molecule has 146 valence electrons. The number of phenols is 2. The topological polar surface area (TPSA) is 84.1 Å². The van der Waals surface area contributed by atoms with Crippen LogP contribution < -0.4 is 0 Å². The van der Waals surface area contributed by atoms with E-state index in [2.05, 4.69) is 15.2 Å². The van der Waals surface area contributed by atoms with Crippen LogP contribution in [0.25, 0.3) is 17.1 Å². The van der Waals surface area contributed by atoms with E-state index in [4.69, 9.17) is 0 Å². The lowest BCUT2D eigenvalue weighted by atomic mass is 9.98. The van der Waals surface area contributed by atoms with E-state index in [1.165, 1.54) is 17.8 Å². The Morgan fingerprint density at radius 1 is 0.897 bits per heavy atom. The first-order valence-corrected chi connectivity index (χ1v) is 10.0. The van der Waals surface area contributed by atoms with Crippen molar-refractivity contribution in [2.75, 3.05) is 0 Å². The van der Waals surface area contributed by atoms with Crippen LogP contribution in [0.4, 0.5) is 0 Å². The van der Waals surface area contributed by atoms with Crippen molar-refractivity contribution < 1.29 is 10.2 Å². The Balaban J connectivity index is 1.90. The summed E-state index contributed by atoms with van der Waals surface area (Å²) in [6.45, 7) is 3.97. The first-order valence-electron chi connectivity index (χ1n) is 9.20. The number of phenolic OH excluding ortho intramolecular Hbond substituents is 2. The number of nitrogens with zero attached hydrogens (tertiary/aromatic N) is 4. The zero-order chi connectivity index (χ0) is 20.4. The third-order valence-corrected chi connectivity index (χ3v) is 5.39. The van der Waals surface area contributed by atoms with Crippen LogP contribution >= 0.6 is 11.8 Å². The van der Waals surface area contributed by atoms with Gasteiger partial charge in [0.25, 0.3) is 0 Å². The van der Waals surface area contributed by atoms with Crippen LogP contribution in [0.3, 0.4) is 0 Å². The first kappa shape index (κ1) is 19.0. The van der Waals surface area contributed by atoms with E-state index in [1.54, 1.807) is 12.3 Å². The molecule has 2 aromatic carbocycles. The maximum atomic E-state index is 10.6. The van der Waals surface area contributed by atoms with Crippen LogP contribution in [0.2, 0.25) is 0 Å². The predicted octanol–water partition coefficient (Wildman–Crippen LogP) is 5.02. The molecular formula is C22H20N4O2S. The summed E-state index contributed by atoms with van der Waals surface area (Å²) in [5.74, 6) is 0.597. The van der Waals surface area contributed by atoms with Gasteiger partial charge in [-0.1, -0.05) is 38.1 Å². The number of aromatic nitrogens is 4. The van der Waals surface area contributed by atoms with E-state index in [9.17, 15) is 10.2 Å². The fourth-order valence-corrected chi connectivity index (χ4v) is 3.87. The van der Waals surface area contributed by atoms with Crippen LogP contribution in [0.1, 0.15) is 25.3 Å². The molecule has 0 bridgehead atoms. The zero-order valence-corrected chi connectivity index (χ0v) is 16.8. The normalized spacial score (nSPS) is 11.1. The van der Waals surface area contributed by atoms with Gasteiger partial charge < -0.3 is 10.2 Å². The highest BCUT2D eigenvalue weighted by Gasteiger charge is 2.21. The minimum atomic E-state index is -0.0501. The molecule has 0 aliphatic heterocycles. The van der Waals surface area contributed by atoms with Gasteiger partial charge in [0.15, 0.2) is 5.82 Å². The summed E-state index contributed by atoms with van der Waals surface area (Å²) in [7, 11) is 0. The molecule has 2 aromatic heterocycles. The second-order valence-corrected chi connectivity index (χ2v) is 7.82. The number of hydrogen-bond acceptors (Lipinski definition) is 6. The quantitative estimate of drug-likeness (QED) is 0.486. The first-order chi connectivity index (χ1) is 14.0. The summed E-state index contributed by atoms with van der Waals surface area (Å²) in [4.78, 5) is 4.36. The molecule has 6 nitrogen and oxygen atoms in total. The molecule has 2 heterocycles. The third kappa shape index (κ3) is 3.82. The van der Waals surface area contributed by atoms with Crippen LogP contribution in [-0.4, -0.2) is 30.0 Å². The fourth-order valence-electron chi connectivity index (χ4n) is 3.06. The number of rotatable bonds is 5. The predicted molar refractivity (Wildman–Crippen MR) is 113 cm³/mol. The fraction of sp³-hybridized carbons (Fsp3) is 0.136. The van der Waals surface area contributed by atoms with Gasteiger partial charge in [-0.2, -0.15) is 0 Å². The molecule has 4 rings (SSSR count). The van der Waals surface area contributed by atoms with Crippen molar-refractivity contribution in [2.24, 2.45) is 0 Å². The standard InChI is InChI=1S/C22H20N4O2S/c1-14(2)16-12-17(19(28)13-18(16)27)21-24-25-22(29-20-10-6-7-11-23-20)26(21)15-8-4-3-5-9-15/h3-14,27-28H,1-2H3. The van der Waals surface area contributed by atoms with Gasteiger partial charge in [0.05, 0.1) is 5.56 Å². The summed E-state index contributed by atoms with van der Waals surface area (Å²) < 4.78 is 1.88. The highest BCUT2D eigenvalue weighted by molar-refractivity contribution is 7.99. The van der Waals surface area contributed by atoms with E-state index in [0.29, 0.717) is 16.5 Å². The van der Waals surface area contributed by atoms with E-state index in [1.807, 2.05) is 66.9 Å². The second-order valence-electron chi connectivity index (χ2n) is 6.83. The lowest BCUT2D eigenvalue weighted by Crippen LogP contribution is -2.00. The summed E-state index contributed by atoms with van der Waals surface area (Å²) in [6, 6.07) is 18.5. The highest BCUT2D eigenvalue weighted by Crippen LogP contribution is 2.39. The smallest absolute Gasteiger partial charge is 0.202 e. The SMILES string of the molecule is CC(C)c1cc(-c2nnc(Sc3ccccn3)n2-c2ccccc2)c(O)cc1O. The van der Waals surface area contributed by atoms with Crippen molar-refractivity contribution in [1.82, 2.24) is 19.7 Å². The summed E-state index contributed by atoms with van der Waals surface area (Å²) >= 11 is 1.39. The molecule has 0 spiro atoms. The lowest BCUT2D eigenvalue weighted by molar-refractivity contribution is 0.444. The van der Waals surface area contributed by atoms with Crippen LogP contribution in [0.15, 0.2) is 77.0 Å². The summed E-state index contributed by atoms with van der Waals surface area (Å²) in [5.41, 5.74) is 2.11. The van der Waals surface area contributed by atoms with E-state index in [-0.39, 0.29) is 17.4 Å². The molecule has 0 saturated heterocycles. The number of benzene rings is 2.